The Morgan fingerprint density at radius 1 is 1.00 bits per heavy atom. The van der Waals surface area contributed by atoms with Gasteiger partial charge in [-0.15, -0.1) is 0 Å². The molecule has 5 heteroatoms. The lowest BCUT2D eigenvalue weighted by molar-refractivity contribution is 0.0182. The highest BCUT2D eigenvalue weighted by atomic mass is 16.3. The van der Waals surface area contributed by atoms with E-state index < -0.39 is 6.23 Å². The number of aromatic nitrogens is 2. The van der Waals surface area contributed by atoms with Gasteiger partial charge >= 0.3 is 0 Å². The predicted molar refractivity (Wildman–Crippen MR) is 116 cm³/mol. The SMILES string of the molecule is N[C@H]1CCN(C(O)c2cccc(-c3cnc4[nH]c(-c5ccccc5)cc4c3)c2)C1. The van der Waals surface area contributed by atoms with Crippen molar-refractivity contribution in [2.45, 2.75) is 18.7 Å². The Hall–Kier alpha value is -2.99. The number of aliphatic hydroxyl groups excluding tert-OH is 1. The van der Waals surface area contributed by atoms with Crippen molar-refractivity contribution in [2.24, 2.45) is 5.73 Å². The van der Waals surface area contributed by atoms with E-state index in [-0.39, 0.29) is 6.04 Å². The molecule has 0 radical (unpaired) electrons. The molecule has 1 unspecified atom stereocenters. The van der Waals surface area contributed by atoms with Gasteiger partial charge in [0.05, 0.1) is 0 Å². The fraction of sp³-hybridized carbons (Fsp3) is 0.208. The van der Waals surface area contributed by atoms with Crippen LogP contribution in [0.1, 0.15) is 18.2 Å². The molecular formula is C24H24N4O. The van der Waals surface area contributed by atoms with Crippen LogP contribution in [0.5, 0.6) is 0 Å². The average Bonchev–Trinajstić information content (AvgIpc) is 3.39. The summed E-state index contributed by atoms with van der Waals surface area (Å²) in [6, 6.07) is 22.7. The minimum Gasteiger partial charge on any atom is -0.374 e. The molecule has 0 saturated carbocycles. The summed E-state index contributed by atoms with van der Waals surface area (Å²) in [5.41, 5.74) is 12.0. The van der Waals surface area contributed by atoms with Crippen LogP contribution in [0, 0.1) is 0 Å². The van der Waals surface area contributed by atoms with Crippen molar-refractivity contribution < 1.29 is 5.11 Å². The molecule has 2 aromatic heterocycles. The summed E-state index contributed by atoms with van der Waals surface area (Å²) in [4.78, 5) is 10.0. The number of benzene rings is 2. The Morgan fingerprint density at radius 3 is 2.62 bits per heavy atom. The van der Waals surface area contributed by atoms with Gasteiger partial charge in [0.1, 0.15) is 11.9 Å². The van der Waals surface area contributed by atoms with E-state index in [9.17, 15) is 5.11 Å². The monoisotopic (exact) mass is 384 g/mol. The topological polar surface area (TPSA) is 78.2 Å². The van der Waals surface area contributed by atoms with Crippen molar-refractivity contribution in [1.82, 2.24) is 14.9 Å². The highest BCUT2D eigenvalue weighted by Crippen LogP contribution is 2.29. The minimum absolute atomic E-state index is 0.145. The first-order chi connectivity index (χ1) is 14.2. The molecule has 5 nitrogen and oxygen atoms in total. The molecule has 4 aromatic rings. The van der Waals surface area contributed by atoms with Crippen LogP contribution >= 0.6 is 0 Å². The van der Waals surface area contributed by atoms with Crippen LogP contribution in [0.4, 0.5) is 0 Å². The van der Waals surface area contributed by atoms with Crippen LogP contribution < -0.4 is 5.73 Å². The first-order valence-corrected chi connectivity index (χ1v) is 9.99. The van der Waals surface area contributed by atoms with Crippen LogP contribution in [0.25, 0.3) is 33.4 Å². The number of pyridine rings is 1. The number of hydrogen-bond donors (Lipinski definition) is 3. The van der Waals surface area contributed by atoms with E-state index in [1.165, 1.54) is 0 Å². The Balaban J connectivity index is 1.46. The highest BCUT2D eigenvalue weighted by molar-refractivity contribution is 5.86. The lowest BCUT2D eigenvalue weighted by atomic mass is 10.0. The number of likely N-dealkylation sites (tertiary alicyclic amines) is 1. The molecule has 4 N–H and O–H groups in total. The van der Waals surface area contributed by atoms with E-state index in [0.29, 0.717) is 0 Å². The number of aliphatic hydroxyl groups is 1. The lowest BCUT2D eigenvalue weighted by Crippen LogP contribution is -2.30. The summed E-state index contributed by atoms with van der Waals surface area (Å²) in [6.45, 7) is 1.55. The van der Waals surface area contributed by atoms with E-state index in [0.717, 1.165) is 58.5 Å². The smallest absolute Gasteiger partial charge is 0.137 e. The first-order valence-electron chi connectivity index (χ1n) is 9.99. The van der Waals surface area contributed by atoms with Gasteiger partial charge in [0.2, 0.25) is 0 Å². The van der Waals surface area contributed by atoms with E-state index in [1.54, 1.807) is 0 Å². The second-order valence-electron chi connectivity index (χ2n) is 7.75. The molecule has 29 heavy (non-hydrogen) atoms. The molecule has 1 aliphatic rings. The molecule has 2 aromatic carbocycles. The van der Waals surface area contributed by atoms with Crippen LogP contribution in [-0.2, 0) is 0 Å². The van der Waals surface area contributed by atoms with Crippen molar-refractivity contribution in [3.63, 3.8) is 0 Å². The van der Waals surface area contributed by atoms with Gasteiger partial charge in [-0.2, -0.15) is 0 Å². The molecule has 0 amide bonds. The van der Waals surface area contributed by atoms with Crippen molar-refractivity contribution in [3.05, 3.63) is 78.5 Å². The van der Waals surface area contributed by atoms with Crippen molar-refractivity contribution in [2.75, 3.05) is 13.1 Å². The molecule has 1 fully saturated rings. The van der Waals surface area contributed by atoms with Gasteiger partial charge in [0.25, 0.3) is 0 Å². The maximum atomic E-state index is 10.8. The lowest BCUT2D eigenvalue weighted by Gasteiger charge is -2.23. The number of H-pyrrole nitrogens is 1. The third kappa shape index (κ3) is 3.56. The van der Waals surface area contributed by atoms with Crippen LogP contribution in [0.15, 0.2) is 72.9 Å². The van der Waals surface area contributed by atoms with Crippen molar-refractivity contribution in [3.8, 4) is 22.4 Å². The van der Waals surface area contributed by atoms with Crippen molar-refractivity contribution >= 4 is 11.0 Å². The first kappa shape index (κ1) is 18.1. The summed E-state index contributed by atoms with van der Waals surface area (Å²) in [6.07, 6.45) is 2.18. The predicted octanol–water partition coefficient (Wildman–Crippen LogP) is 3.92. The summed E-state index contributed by atoms with van der Waals surface area (Å²) >= 11 is 0. The van der Waals surface area contributed by atoms with Gasteiger partial charge < -0.3 is 15.8 Å². The normalized spacial score (nSPS) is 18.3. The molecule has 0 bridgehead atoms. The summed E-state index contributed by atoms with van der Waals surface area (Å²) in [5.74, 6) is 0. The Kier molecular flexibility index (Phi) is 4.64. The fourth-order valence-electron chi connectivity index (χ4n) is 4.07. The Labute approximate surface area is 169 Å². The third-order valence-electron chi connectivity index (χ3n) is 5.67. The van der Waals surface area contributed by atoms with E-state index in [2.05, 4.69) is 40.3 Å². The summed E-state index contributed by atoms with van der Waals surface area (Å²) in [7, 11) is 0. The number of nitrogens with zero attached hydrogens (tertiary/aromatic N) is 2. The van der Waals surface area contributed by atoms with Crippen molar-refractivity contribution in [1.29, 1.82) is 0 Å². The Bertz CT molecular complexity index is 1140. The number of fused-ring (bicyclic) bond motifs is 1. The van der Waals surface area contributed by atoms with E-state index in [4.69, 9.17) is 5.73 Å². The summed E-state index contributed by atoms with van der Waals surface area (Å²) < 4.78 is 0. The standard InChI is InChI=1S/C24H24N4O/c25-21-9-10-28(15-21)24(29)18-8-4-7-17(11-18)20-12-19-13-22(27-23(19)26-14-20)16-5-2-1-3-6-16/h1-8,11-14,21,24,29H,9-10,15,25H2,(H,26,27)/t21-,24?/m0/s1. The van der Waals surface area contributed by atoms with Crippen LogP contribution in [0.2, 0.25) is 0 Å². The Morgan fingerprint density at radius 2 is 1.83 bits per heavy atom. The molecule has 1 saturated heterocycles. The second-order valence-corrected chi connectivity index (χ2v) is 7.75. The molecule has 146 valence electrons. The molecule has 5 rings (SSSR count). The number of rotatable bonds is 4. The second kappa shape index (κ2) is 7.44. The number of nitrogens with one attached hydrogen (secondary N) is 1. The molecular weight excluding hydrogens is 360 g/mol. The fourth-order valence-corrected chi connectivity index (χ4v) is 4.07. The van der Waals surface area contributed by atoms with Gasteiger partial charge in [-0.1, -0.05) is 48.5 Å². The number of aromatic amines is 1. The van der Waals surface area contributed by atoms with Crippen LogP contribution in [-0.4, -0.2) is 39.1 Å². The molecule has 3 heterocycles. The molecule has 0 spiro atoms. The maximum Gasteiger partial charge on any atom is 0.137 e. The zero-order chi connectivity index (χ0) is 19.8. The third-order valence-corrected chi connectivity index (χ3v) is 5.67. The van der Waals surface area contributed by atoms with E-state index in [1.807, 2.05) is 47.5 Å². The van der Waals surface area contributed by atoms with Gasteiger partial charge in [0.15, 0.2) is 0 Å². The van der Waals surface area contributed by atoms with E-state index >= 15 is 0 Å². The molecule has 2 atom stereocenters. The van der Waals surface area contributed by atoms with Gasteiger partial charge in [-0.05, 0) is 41.3 Å². The maximum absolute atomic E-state index is 10.8. The van der Waals surface area contributed by atoms with Gasteiger partial charge in [-0.25, -0.2) is 4.98 Å². The number of hydrogen-bond acceptors (Lipinski definition) is 4. The quantitative estimate of drug-likeness (QED) is 0.498. The largest absolute Gasteiger partial charge is 0.374 e. The van der Waals surface area contributed by atoms with Gasteiger partial charge in [-0.3, -0.25) is 4.90 Å². The number of nitrogens with two attached hydrogens (primary N) is 1. The minimum atomic E-state index is -0.628. The zero-order valence-corrected chi connectivity index (χ0v) is 16.1. The molecule has 0 aliphatic carbocycles. The van der Waals surface area contributed by atoms with Crippen LogP contribution in [0.3, 0.4) is 0 Å². The highest BCUT2D eigenvalue weighted by Gasteiger charge is 2.25. The average molecular weight is 384 g/mol. The molecule has 1 aliphatic heterocycles. The zero-order valence-electron chi connectivity index (χ0n) is 16.1. The summed E-state index contributed by atoms with van der Waals surface area (Å²) in [5, 5.41) is 11.8. The van der Waals surface area contributed by atoms with Gasteiger partial charge in [0, 0.05) is 42.0 Å².